The van der Waals surface area contributed by atoms with Crippen LogP contribution in [-0.2, 0) is 11.2 Å². The van der Waals surface area contributed by atoms with E-state index in [0.717, 1.165) is 48.9 Å². The second-order valence-corrected chi connectivity index (χ2v) is 7.76. The lowest BCUT2D eigenvalue weighted by Gasteiger charge is -2.36. The van der Waals surface area contributed by atoms with Crippen LogP contribution in [0.3, 0.4) is 0 Å². The number of carbonyl (C=O) groups excluding carboxylic acids is 1. The third-order valence-electron chi connectivity index (χ3n) is 4.96. The van der Waals surface area contributed by atoms with Crippen LogP contribution in [0.15, 0.2) is 48.5 Å². The van der Waals surface area contributed by atoms with Gasteiger partial charge in [0.05, 0.1) is 22.3 Å². The summed E-state index contributed by atoms with van der Waals surface area (Å²) in [7, 11) is 1.67. The number of anilines is 1. The number of thiazole rings is 1. The molecule has 27 heavy (non-hydrogen) atoms. The van der Waals surface area contributed by atoms with Crippen molar-refractivity contribution in [3.63, 3.8) is 0 Å². The molecule has 1 aliphatic heterocycles. The predicted molar refractivity (Wildman–Crippen MR) is 110 cm³/mol. The van der Waals surface area contributed by atoms with Crippen LogP contribution in [0, 0.1) is 0 Å². The Labute approximate surface area is 163 Å². The first kappa shape index (κ1) is 17.8. The number of fused-ring (bicyclic) bond motifs is 1. The van der Waals surface area contributed by atoms with Gasteiger partial charge >= 0.3 is 0 Å². The third kappa shape index (κ3) is 4.06. The van der Waals surface area contributed by atoms with Gasteiger partial charge in [0.1, 0.15) is 5.75 Å². The quantitative estimate of drug-likeness (QED) is 0.678. The summed E-state index contributed by atoms with van der Waals surface area (Å²) in [6.45, 7) is 3.26. The highest BCUT2D eigenvalue weighted by Crippen LogP contribution is 2.23. The van der Waals surface area contributed by atoms with Crippen molar-refractivity contribution in [2.75, 3.05) is 38.2 Å². The van der Waals surface area contributed by atoms with Gasteiger partial charge in [-0.15, -0.1) is 11.3 Å². The largest absolute Gasteiger partial charge is 0.497 e. The summed E-state index contributed by atoms with van der Waals surface area (Å²) in [6.07, 6.45) is 1.25. The van der Waals surface area contributed by atoms with Gasteiger partial charge in [0, 0.05) is 44.7 Å². The second-order valence-electron chi connectivity index (χ2n) is 6.64. The normalized spacial score (nSPS) is 14.6. The minimum absolute atomic E-state index is 0.226. The molecule has 0 bridgehead atoms. The molecule has 1 aliphatic rings. The fourth-order valence-electron chi connectivity index (χ4n) is 3.41. The highest BCUT2D eigenvalue weighted by Gasteiger charge is 2.21. The fourth-order valence-corrected chi connectivity index (χ4v) is 4.37. The van der Waals surface area contributed by atoms with Crippen LogP contribution in [0.4, 0.5) is 5.69 Å². The number of ether oxygens (including phenoxy) is 1. The van der Waals surface area contributed by atoms with Crippen LogP contribution in [0.5, 0.6) is 5.75 Å². The molecule has 140 valence electrons. The van der Waals surface area contributed by atoms with Crippen LogP contribution in [0.25, 0.3) is 10.2 Å². The number of amides is 1. The maximum Gasteiger partial charge on any atom is 0.223 e. The van der Waals surface area contributed by atoms with Crippen molar-refractivity contribution < 1.29 is 9.53 Å². The van der Waals surface area contributed by atoms with Crippen LogP contribution >= 0.6 is 11.3 Å². The summed E-state index contributed by atoms with van der Waals surface area (Å²) >= 11 is 1.69. The number of carbonyl (C=O) groups is 1. The van der Waals surface area contributed by atoms with Gasteiger partial charge in [0.15, 0.2) is 0 Å². The number of methoxy groups -OCH3 is 1. The van der Waals surface area contributed by atoms with E-state index in [1.165, 1.54) is 10.4 Å². The van der Waals surface area contributed by atoms with Gasteiger partial charge in [-0.1, -0.05) is 12.1 Å². The number of para-hydroxylation sites is 1. The van der Waals surface area contributed by atoms with Gasteiger partial charge in [0.25, 0.3) is 0 Å². The summed E-state index contributed by atoms with van der Waals surface area (Å²) < 4.78 is 6.40. The molecule has 0 atom stereocenters. The minimum Gasteiger partial charge on any atom is -0.497 e. The molecule has 4 rings (SSSR count). The summed E-state index contributed by atoms with van der Waals surface area (Å²) in [5.41, 5.74) is 2.20. The Bertz CT molecular complexity index is 882. The fraction of sp³-hybridized carbons (Fsp3) is 0.333. The molecule has 3 aromatic rings. The molecule has 0 N–H and O–H groups in total. The molecule has 0 spiro atoms. The molecular formula is C21H23N3O2S. The maximum absolute atomic E-state index is 12.6. The third-order valence-corrected chi connectivity index (χ3v) is 6.06. The number of aryl methyl sites for hydroxylation is 1. The van der Waals surface area contributed by atoms with Crippen LogP contribution in [0.1, 0.15) is 11.4 Å². The van der Waals surface area contributed by atoms with Crippen molar-refractivity contribution in [1.82, 2.24) is 9.88 Å². The van der Waals surface area contributed by atoms with Crippen molar-refractivity contribution in [3.8, 4) is 5.75 Å². The molecular weight excluding hydrogens is 358 g/mol. The van der Waals surface area contributed by atoms with Gasteiger partial charge < -0.3 is 14.5 Å². The Morgan fingerprint density at radius 1 is 1.07 bits per heavy atom. The van der Waals surface area contributed by atoms with Crippen molar-refractivity contribution in [2.45, 2.75) is 12.8 Å². The number of aromatic nitrogens is 1. The summed E-state index contributed by atoms with van der Waals surface area (Å²) in [5.74, 6) is 1.09. The first-order valence-corrected chi connectivity index (χ1v) is 10.1. The maximum atomic E-state index is 12.6. The average molecular weight is 382 g/mol. The number of benzene rings is 2. The standard InChI is InChI=1S/C21H23N3O2S/c1-26-17-8-6-16(7-9-17)23-12-14-24(15-13-23)21(25)11-10-20-22-18-4-2-3-5-19(18)27-20/h2-9H,10-15H2,1H3. The highest BCUT2D eigenvalue weighted by molar-refractivity contribution is 7.18. The minimum atomic E-state index is 0.226. The average Bonchev–Trinajstić information content (AvgIpc) is 3.15. The van der Waals surface area contributed by atoms with Crippen LogP contribution in [-0.4, -0.2) is 49.1 Å². The van der Waals surface area contributed by atoms with Gasteiger partial charge in [-0.2, -0.15) is 0 Å². The topological polar surface area (TPSA) is 45.7 Å². The van der Waals surface area contributed by atoms with Crippen molar-refractivity contribution in [1.29, 1.82) is 0 Å². The Morgan fingerprint density at radius 2 is 1.81 bits per heavy atom. The number of hydrogen-bond donors (Lipinski definition) is 0. The van der Waals surface area contributed by atoms with E-state index in [1.807, 2.05) is 35.2 Å². The highest BCUT2D eigenvalue weighted by atomic mass is 32.1. The lowest BCUT2D eigenvalue weighted by atomic mass is 10.2. The molecule has 1 aromatic heterocycles. The molecule has 1 amide bonds. The molecule has 1 fully saturated rings. The first-order chi connectivity index (χ1) is 13.2. The van der Waals surface area contributed by atoms with E-state index in [1.54, 1.807) is 18.4 Å². The van der Waals surface area contributed by atoms with Gasteiger partial charge in [-0.05, 0) is 36.4 Å². The van der Waals surface area contributed by atoms with E-state index in [-0.39, 0.29) is 5.91 Å². The molecule has 2 heterocycles. The zero-order valence-corrected chi connectivity index (χ0v) is 16.2. The van der Waals surface area contributed by atoms with Gasteiger partial charge in [0.2, 0.25) is 5.91 Å². The van der Waals surface area contributed by atoms with Gasteiger partial charge in [-0.25, -0.2) is 4.98 Å². The lowest BCUT2D eigenvalue weighted by molar-refractivity contribution is -0.131. The summed E-state index contributed by atoms with van der Waals surface area (Å²) in [4.78, 5) is 21.5. The molecule has 1 saturated heterocycles. The SMILES string of the molecule is COc1ccc(N2CCN(C(=O)CCc3nc4ccccc4s3)CC2)cc1. The molecule has 2 aromatic carbocycles. The molecule has 5 nitrogen and oxygen atoms in total. The number of hydrogen-bond acceptors (Lipinski definition) is 5. The molecule has 6 heteroatoms. The van der Waals surface area contributed by atoms with E-state index in [9.17, 15) is 4.79 Å². The van der Waals surface area contributed by atoms with E-state index in [4.69, 9.17) is 4.74 Å². The van der Waals surface area contributed by atoms with Crippen molar-refractivity contribution >= 4 is 33.1 Å². The smallest absolute Gasteiger partial charge is 0.223 e. The van der Waals surface area contributed by atoms with Crippen LogP contribution in [0.2, 0.25) is 0 Å². The molecule has 0 aliphatic carbocycles. The first-order valence-electron chi connectivity index (χ1n) is 9.24. The Hall–Kier alpha value is -2.60. The molecule has 0 radical (unpaired) electrons. The Kier molecular flexibility index (Phi) is 5.25. The van der Waals surface area contributed by atoms with Crippen molar-refractivity contribution in [3.05, 3.63) is 53.5 Å². The van der Waals surface area contributed by atoms with E-state index in [2.05, 4.69) is 28.1 Å². The monoisotopic (exact) mass is 381 g/mol. The van der Waals surface area contributed by atoms with E-state index >= 15 is 0 Å². The zero-order chi connectivity index (χ0) is 18.6. The molecule has 0 saturated carbocycles. The number of piperazine rings is 1. The zero-order valence-electron chi connectivity index (χ0n) is 15.4. The second kappa shape index (κ2) is 7.96. The van der Waals surface area contributed by atoms with Crippen molar-refractivity contribution in [2.24, 2.45) is 0 Å². The number of nitrogens with zero attached hydrogens (tertiary/aromatic N) is 3. The predicted octanol–water partition coefficient (Wildman–Crippen LogP) is 3.59. The summed E-state index contributed by atoms with van der Waals surface area (Å²) in [5, 5.41) is 1.04. The molecule has 0 unspecified atom stereocenters. The van der Waals surface area contributed by atoms with E-state index < -0.39 is 0 Å². The summed E-state index contributed by atoms with van der Waals surface area (Å²) in [6, 6.07) is 16.2. The van der Waals surface area contributed by atoms with Gasteiger partial charge in [-0.3, -0.25) is 4.79 Å². The lowest BCUT2D eigenvalue weighted by Crippen LogP contribution is -2.48. The Morgan fingerprint density at radius 3 is 2.52 bits per heavy atom. The number of rotatable bonds is 5. The Balaban J connectivity index is 1.29. The van der Waals surface area contributed by atoms with E-state index in [0.29, 0.717) is 6.42 Å². The van der Waals surface area contributed by atoms with Crippen LogP contribution < -0.4 is 9.64 Å².